The number of fused-ring (bicyclic) bond motifs is 1. The molecule has 0 amide bonds. The van der Waals surface area contributed by atoms with Crippen molar-refractivity contribution in [3.8, 4) is 6.07 Å². The molecule has 2 aromatic carbocycles. The van der Waals surface area contributed by atoms with E-state index in [9.17, 15) is 5.26 Å². The van der Waals surface area contributed by atoms with Gasteiger partial charge in [-0.2, -0.15) is 5.26 Å². The molecule has 3 heterocycles. The number of rotatable bonds is 9. The van der Waals surface area contributed by atoms with Gasteiger partial charge >= 0.3 is 0 Å². The fraction of sp³-hybridized carbons (Fsp3) is 0.290. The first-order valence-electron chi connectivity index (χ1n) is 13.1. The fourth-order valence-corrected chi connectivity index (χ4v) is 5.06. The van der Waals surface area contributed by atoms with Gasteiger partial charge in [0.25, 0.3) is 0 Å². The van der Waals surface area contributed by atoms with Crippen LogP contribution in [0.1, 0.15) is 46.4 Å². The van der Waals surface area contributed by atoms with Gasteiger partial charge in [0.2, 0.25) is 0 Å². The number of pyridine rings is 1. The molecule has 188 valence electrons. The van der Waals surface area contributed by atoms with E-state index in [0.717, 1.165) is 64.3 Å². The van der Waals surface area contributed by atoms with Gasteiger partial charge < -0.3 is 20.5 Å². The number of hydrogen-bond acceptors (Lipinski definition) is 5. The smallest absolute Gasteiger partial charge is 0.103 e. The van der Waals surface area contributed by atoms with Crippen molar-refractivity contribution in [1.82, 2.24) is 20.2 Å². The third kappa shape index (κ3) is 5.75. The van der Waals surface area contributed by atoms with Gasteiger partial charge in [0.05, 0.1) is 11.3 Å². The van der Waals surface area contributed by atoms with Crippen LogP contribution >= 0.6 is 0 Å². The topological polar surface area (TPSA) is 79.8 Å². The second-order valence-corrected chi connectivity index (χ2v) is 9.76. The van der Waals surface area contributed by atoms with Crippen LogP contribution < -0.4 is 10.6 Å². The van der Waals surface area contributed by atoms with Crippen LogP contribution in [-0.4, -0.2) is 41.0 Å². The molecule has 2 aromatic heterocycles. The van der Waals surface area contributed by atoms with Crippen LogP contribution in [0.4, 0.5) is 11.4 Å². The van der Waals surface area contributed by atoms with Crippen molar-refractivity contribution in [3.63, 3.8) is 0 Å². The lowest BCUT2D eigenvalue weighted by molar-refractivity contribution is 0.335. The number of hydrogen-bond donors (Lipinski definition) is 3. The lowest BCUT2D eigenvalue weighted by Gasteiger charge is -2.16. The summed E-state index contributed by atoms with van der Waals surface area (Å²) in [5, 5.41) is 18.1. The normalized spacial score (nSPS) is 14.0. The molecule has 0 spiro atoms. The largest absolute Gasteiger partial charge is 0.361 e. The average Bonchev–Trinajstić information content (AvgIpc) is 3.61. The second-order valence-electron chi connectivity index (χ2n) is 9.76. The van der Waals surface area contributed by atoms with E-state index in [2.05, 4.69) is 93.1 Å². The number of likely N-dealkylation sites (tertiary alicyclic amines) is 1. The van der Waals surface area contributed by atoms with Gasteiger partial charge in [-0.25, -0.2) is 0 Å². The molecule has 1 aliphatic rings. The minimum atomic E-state index is 0.523. The summed E-state index contributed by atoms with van der Waals surface area (Å²) in [4.78, 5) is 10.3. The standard InChI is InChI=1S/C31H34N6/c1-22-27-12-13-34-30(27)11-10-29(22)36-31-26(19-32)21-35-23(2)28(31)9-8-24-6-5-7-25(18-24)20-33-14-17-37-15-3-4-16-37/h5-13,18,21,33-34H,3-4,14-17,20H2,1-2H3,(H,35,36)/b9-8+. The Morgan fingerprint density at radius 3 is 2.81 bits per heavy atom. The molecule has 0 saturated carbocycles. The summed E-state index contributed by atoms with van der Waals surface area (Å²) in [6.07, 6.45) is 10.4. The maximum atomic E-state index is 9.84. The van der Waals surface area contributed by atoms with Crippen molar-refractivity contribution in [2.45, 2.75) is 33.2 Å². The maximum Gasteiger partial charge on any atom is 0.103 e. The van der Waals surface area contributed by atoms with Gasteiger partial charge in [-0.1, -0.05) is 36.4 Å². The van der Waals surface area contributed by atoms with E-state index < -0.39 is 0 Å². The Hall–Kier alpha value is -3.92. The number of nitrogens with one attached hydrogen (secondary N) is 3. The van der Waals surface area contributed by atoms with E-state index in [4.69, 9.17) is 0 Å². The summed E-state index contributed by atoms with van der Waals surface area (Å²) in [6, 6.07) is 17.1. The molecule has 3 N–H and O–H groups in total. The Balaban J connectivity index is 1.35. The lowest BCUT2D eigenvalue weighted by atomic mass is 10.0. The Bertz CT molecular complexity index is 1450. The monoisotopic (exact) mass is 490 g/mol. The first kappa shape index (κ1) is 24.8. The Labute approximate surface area is 219 Å². The number of benzene rings is 2. The molecule has 1 saturated heterocycles. The van der Waals surface area contributed by atoms with Crippen LogP contribution in [-0.2, 0) is 6.54 Å². The fourth-order valence-electron chi connectivity index (χ4n) is 5.06. The summed E-state index contributed by atoms with van der Waals surface area (Å²) >= 11 is 0. The number of nitrogens with zero attached hydrogens (tertiary/aromatic N) is 3. The van der Waals surface area contributed by atoms with Crippen LogP contribution in [0.5, 0.6) is 0 Å². The van der Waals surface area contributed by atoms with Crippen LogP contribution in [0, 0.1) is 25.2 Å². The zero-order valence-corrected chi connectivity index (χ0v) is 21.6. The number of aromatic nitrogens is 2. The van der Waals surface area contributed by atoms with Crippen molar-refractivity contribution >= 4 is 34.4 Å². The van der Waals surface area contributed by atoms with E-state index in [0.29, 0.717) is 5.56 Å². The SMILES string of the molecule is Cc1ncc(C#N)c(Nc2ccc3[nH]ccc3c2C)c1/C=C/c1cccc(CNCCN2CCCC2)c1. The highest BCUT2D eigenvalue weighted by Crippen LogP contribution is 2.32. The van der Waals surface area contributed by atoms with Crippen molar-refractivity contribution in [1.29, 1.82) is 5.26 Å². The van der Waals surface area contributed by atoms with Crippen molar-refractivity contribution in [2.24, 2.45) is 0 Å². The van der Waals surface area contributed by atoms with Crippen LogP contribution in [0.15, 0.2) is 54.9 Å². The Kier molecular flexibility index (Phi) is 7.65. The molecule has 0 unspecified atom stereocenters. The Morgan fingerprint density at radius 1 is 1.11 bits per heavy atom. The predicted molar refractivity (Wildman–Crippen MR) is 153 cm³/mol. The Morgan fingerprint density at radius 2 is 1.97 bits per heavy atom. The molecule has 6 heteroatoms. The minimum absolute atomic E-state index is 0.523. The molecule has 37 heavy (non-hydrogen) atoms. The van der Waals surface area contributed by atoms with Gasteiger partial charge in [0.1, 0.15) is 6.07 Å². The summed E-state index contributed by atoms with van der Waals surface area (Å²) in [7, 11) is 0. The molecule has 5 rings (SSSR count). The summed E-state index contributed by atoms with van der Waals surface area (Å²) < 4.78 is 0. The summed E-state index contributed by atoms with van der Waals surface area (Å²) in [5.74, 6) is 0. The minimum Gasteiger partial charge on any atom is -0.361 e. The quantitative estimate of drug-likeness (QED) is 0.245. The van der Waals surface area contributed by atoms with E-state index in [1.807, 2.05) is 13.1 Å². The lowest BCUT2D eigenvalue weighted by Crippen LogP contribution is -2.29. The first-order valence-corrected chi connectivity index (χ1v) is 13.1. The zero-order chi connectivity index (χ0) is 25.6. The molecule has 4 aromatic rings. The van der Waals surface area contributed by atoms with E-state index in [1.165, 1.54) is 31.5 Å². The summed E-state index contributed by atoms with van der Waals surface area (Å²) in [5.41, 5.74) is 8.69. The van der Waals surface area contributed by atoms with Gasteiger partial charge in [-0.05, 0) is 74.7 Å². The molecule has 0 radical (unpaired) electrons. The number of H-pyrrole nitrogens is 1. The van der Waals surface area contributed by atoms with Gasteiger partial charge in [-0.3, -0.25) is 4.98 Å². The van der Waals surface area contributed by atoms with Crippen LogP contribution in [0.3, 0.4) is 0 Å². The molecule has 1 aliphatic heterocycles. The third-order valence-corrected chi connectivity index (χ3v) is 7.23. The maximum absolute atomic E-state index is 9.84. The molecule has 0 atom stereocenters. The number of anilines is 2. The third-order valence-electron chi connectivity index (χ3n) is 7.23. The average molecular weight is 491 g/mol. The van der Waals surface area contributed by atoms with Gasteiger partial charge in [0.15, 0.2) is 0 Å². The van der Waals surface area contributed by atoms with Crippen molar-refractivity contribution in [3.05, 3.63) is 88.4 Å². The summed E-state index contributed by atoms with van der Waals surface area (Å²) in [6.45, 7) is 9.53. The number of aryl methyl sites for hydroxylation is 2. The molecule has 1 fully saturated rings. The molecular formula is C31H34N6. The predicted octanol–water partition coefficient (Wildman–Crippen LogP) is 6.15. The highest BCUT2D eigenvalue weighted by atomic mass is 15.1. The van der Waals surface area contributed by atoms with Gasteiger partial charge in [-0.15, -0.1) is 0 Å². The molecule has 6 nitrogen and oxygen atoms in total. The highest BCUT2D eigenvalue weighted by Gasteiger charge is 2.14. The zero-order valence-electron chi connectivity index (χ0n) is 21.6. The number of aromatic amines is 1. The molecule has 0 bridgehead atoms. The van der Waals surface area contributed by atoms with Crippen LogP contribution in [0.25, 0.3) is 23.1 Å². The van der Waals surface area contributed by atoms with Crippen molar-refractivity contribution in [2.75, 3.05) is 31.5 Å². The highest BCUT2D eigenvalue weighted by molar-refractivity contribution is 5.90. The van der Waals surface area contributed by atoms with Gasteiger partial charge in [0, 0.05) is 59.9 Å². The number of nitriles is 1. The molecule has 0 aliphatic carbocycles. The van der Waals surface area contributed by atoms with Crippen LogP contribution in [0.2, 0.25) is 0 Å². The second kappa shape index (κ2) is 11.4. The molecular weight excluding hydrogens is 456 g/mol. The van der Waals surface area contributed by atoms with E-state index in [-0.39, 0.29) is 0 Å². The van der Waals surface area contributed by atoms with E-state index in [1.54, 1.807) is 6.20 Å². The first-order chi connectivity index (χ1) is 18.1. The van der Waals surface area contributed by atoms with Crippen molar-refractivity contribution < 1.29 is 0 Å². The van der Waals surface area contributed by atoms with E-state index >= 15 is 0 Å².